The van der Waals surface area contributed by atoms with Gasteiger partial charge < -0.3 is 10.1 Å². The number of anilines is 1. The zero-order valence-corrected chi connectivity index (χ0v) is 12.2. The van der Waals surface area contributed by atoms with Crippen LogP contribution in [0, 0.1) is 0 Å². The van der Waals surface area contributed by atoms with Gasteiger partial charge >= 0.3 is 5.97 Å². The van der Waals surface area contributed by atoms with Crippen molar-refractivity contribution in [3.8, 4) is 0 Å². The molecule has 110 valence electrons. The number of nitrogens with zero attached hydrogens (tertiary/aromatic N) is 3. The summed E-state index contributed by atoms with van der Waals surface area (Å²) in [4.78, 5) is 27.6. The van der Waals surface area contributed by atoms with E-state index in [2.05, 4.69) is 15.4 Å². The SMILES string of the molecule is C[C@H](OC(=O)c1cnn(C)c1)C(=O)Nc1cccnc1Cl. The van der Waals surface area contributed by atoms with Crippen LogP contribution in [0.25, 0.3) is 0 Å². The second-order valence-electron chi connectivity index (χ2n) is 4.28. The molecule has 0 saturated heterocycles. The van der Waals surface area contributed by atoms with E-state index in [4.69, 9.17) is 16.3 Å². The molecule has 0 unspecified atom stereocenters. The Kier molecular flexibility index (Phi) is 4.54. The number of hydrogen-bond acceptors (Lipinski definition) is 5. The van der Waals surface area contributed by atoms with E-state index in [0.717, 1.165) is 0 Å². The number of pyridine rings is 1. The van der Waals surface area contributed by atoms with Crippen LogP contribution in [0.2, 0.25) is 5.15 Å². The number of ether oxygens (including phenoxy) is 1. The third-order valence-electron chi connectivity index (χ3n) is 2.61. The van der Waals surface area contributed by atoms with Crippen molar-refractivity contribution >= 4 is 29.2 Å². The van der Waals surface area contributed by atoms with Crippen molar-refractivity contribution in [1.29, 1.82) is 0 Å². The van der Waals surface area contributed by atoms with E-state index in [-0.39, 0.29) is 10.7 Å². The van der Waals surface area contributed by atoms with E-state index >= 15 is 0 Å². The maximum absolute atomic E-state index is 11.9. The number of nitrogens with one attached hydrogen (secondary N) is 1. The van der Waals surface area contributed by atoms with E-state index < -0.39 is 18.0 Å². The Morgan fingerprint density at radius 3 is 2.86 bits per heavy atom. The number of carbonyl (C=O) groups excluding carboxylic acids is 2. The standard InChI is InChI=1S/C13H13ClN4O3/c1-8(21-13(20)9-6-16-18(2)7-9)12(19)17-10-4-3-5-15-11(10)14/h3-8H,1-2H3,(H,17,19)/t8-/m0/s1. The highest BCUT2D eigenvalue weighted by Gasteiger charge is 2.20. The maximum Gasteiger partial charge on any atom is 0.342 e. The van der Waals surface area contributed by atoms with Gasteiger partial charge in [0.1, 0.15) is 0 Å². The molecule has 0 bridgehead atoms. The number of rotatable bonds is 4. The van der Waals surface area contributed by atoms with E-state index in [9.17, 15) is 9.59 Å². The zero-order valence-electron chi connectivity index (χ0n) is 11.4. The average molecular weight is 309 g/mol. The van der Waals surface area contributed by atoms with Crippen LogP contribution in [-0.4, -0.2) is 32.7 Å². The summed E-state index contributed by atoms with van der Waals surface area (Å²) < 4.78 is 6.52. The van der Waals surface area contributed by atoms with Crippen molar-refractivity contribution in [2.45, 2.75) is 13.0 Å². The fourth-order valence-corrected chi connectivity index (χ4v) is 1.69. The highest BCUT2D eigenvalue weighted by molar-refractivity contribution is 6.32. The number of halogens is 1. The topological polar surface area (TPSA) is 86.1 Å². The van der Waals surface area contributed by atoms with Gasteiger partial charge in [-0.05, 0) is 19.1 Å². The minimum absolute atomic E-state index is 0.164. The van der Waals surface area contributed by atoms with E-state index in [1.54, 1.807) is 19.2 Å². The van der Waals surface area contributed by atoms with Gasteiger partial charge in [-0.2, -0.15) is 5.10 Å². The second-order valence-corrected chi connectivity index (χ2v) is 4.64. The molecule has 0 saturated carbocycles. The predicted octanol–water partition coefficient (Wildman–Crippen LogP) is 1.65. The Labute approximate surface area is 125 Å². The summed E-state index contributed by atoms with van der Waals surface area (Å²) in [5.41, 5.74) is 0.630. The van der Waals surface area contributed by atoms with Crippen LogP contribution >= 0.6 is 11.6 Å². The van der Waals surface area contributed by atoms with Gasteiger partial charge in [0.05, 0.1) is 17.4 Å². The third kappa shape index (κ3) is 3.79. The smallest absolute Gasteiger partial charge is 0.342 e. The first kappa shape index (κ1) is 15.0. The number of aryl methyl sites for hydroxylation is 1. The number of aromatic nitrogens is 3. The first-order valence-corrected chi connectivity index (χ1v) is 6.46. The van der Waals surface area contributed by atoms with Crippen molar-refractivity contribution in [2.75, 3.05) is 5.32 Å². The van der Waals surface area contributed by atoms with Gasteiger partial charge in [0.25, 0.3) is 5.91 Å². The molecule has 0 aliphatic carbocycles. The molecule has 8 heteroatoms. The molecular formula is C13H13ClN4O3. The van der Waals surface area contributed by atoms with E-state index in [0.29, 0.717) is 5.69 Å². The monoisotopic (exact) mass is 308 g/mol. The van der Waals surface area contributed by atoms with Crippen LogP contribution in [0.1, 0.15) is 17.3 Å². The van der Waals surface area contributed by atoms with Gasteiger partial charge in [0, 0.05) is 19.4 Å². The van der Waals surface area contributed by atoms with E-state index in [1.165, 1.54) is 30.2 Å². The first-order chi connectivity index (χ1) is 9.97. The van der Waals surface area contributed by atoms with Crippen LogP contribution in [-0.2, 0) is 16.6 Å². The molecule has 1 amide bonds. The molecule has 2 aromatic heterocycles. The molecule has 0 aliphatic heterocycles. The zero-order chi connectivity index (χ0) is 15.4. The molecule has 7 nitrogen and oxygen atoms in total. The van der Waals surface area contributed by atoms with Crippen LogP contribution in [0.3, 0.4) is 0 Å². The summed E-state index contributed by atoms with van der Waals surface area (Å²) in [5.74, 6) is -1.12. The molecule has 0 fully saturated rings. The van der Waals surface area contributed by atoms with Crippen LogP contribution in [0.5, 0.6) is 0 Å². The van der Waals surface area contributed by atoms with Crippen molar-refractivity contribution in [3.63, 3.8) is 0 Å². The van der Waals surface area contributed by atoms with Crippen LogP contribution < -0.4 is 5.32 Å². The summed E-state index contributed by atoms with van der Waals surface area (Å²) in [6, 6.07) is 3.23. The van der Waals surface area contributed by atoms with Gasteiger partial charge in [-0.25, -0.2) is 9.78 Å². The quantitative estimate of drug-likeness (QED) is 0.685. The number of carbonyl (C=O) groups is 2. The summed E-state index contributed by atoms with van der Waals surface area (Å²) in [7, 11) is 1.68. The molecular weight excluding hydrogens is 296 g/mol. The first-order valence-electron chi connectivity index (χ1n) is 6.08. The highest BCUT2D eigenvalue weighted by atomic mass is 35.5. The minimum atomic E-state index is -0.978. The predicted molar refractivity (Wildman–Crippen MR) is 76.0 cm³/mol. The fraction of sp³-hybridized carbons (Fsp3) is 0.231. The van der Waals surface area contributed by atoms with Crippen LogP contribution in [0.4, 0.5) is 5.69 Å². The fourth-order valence-electron chi connectivity index (χ4n) is 1.52. The molecule has 2 heterocycles. The number of esters is 1. The van der Waals surface area contributed by atoms with Gasteiger partial charge in [0.15, 0.2) is 11.3 Å². The summed E-state index contributed by atoms with van der Waals surface area (Å²) in [6.45, 7) is 1.47. The van der Waals surface area contributed by atoms with E-state index in [1.807, 2.05) is 0 Å². The molecule has 21 heavy (non-hydrogen) atoms. The lowest BCUT2D eigenvalue weighted by Gasteiger charge is -2.13. The Hall–Kier alpha value is -2.41. The summed E-state index contributed by atoms with van der Waals surface area (Å²) >= 11 is 5.83. The van der Waals surface area contributed by atoms with Crippen molar-refractivity contribution in [1.82, 2.24) is 14.8 Å². The molecule has 1 atom stereocenters. The second kappa shape index (κ2) is 6.36. The molecule has 0 aromatic carbocycles. The maximum atomic E-state index is 11.9. The van der Waals surface area contributed by atoms with Crippen LogP contribution in [0.15, 0.2) is 30.7 Å². The minimum Gasteiger partial charge on any atom is -0.449 e. The molecule has 2 rings (SSSR count). The molecule has 0 radical (unpaired) electrons. The largest absolute Gasteiger partial charge is 0.449 e. The summed E-state index contributed by atoms with van der Waals surface area (Å²) in [5, 5.41) is 6.56. The lowest BCUT2D eigenvalue weighted by atomic mass is 10.3. The average Bonchev–Trinajstić information content (AvgIpc) is 2.88. The number of amides is 1. The lowest BCUT2D eigenvalue weighted by molar-refractivity contribution is -0.123. The van der Waals surface area contributed by atoms with Crippen molar-refractivity contribution < 1.29 is 14.3 Å². The Morgan fingerprint density at radius 1 is 1.48 bits per heavy atom. The van der Waals surface area contributed by atoms with Crippen molar-refractivity contribution in [3.05, 3.63) is 41.4 Å². The molecule has 0 spiro atoms. The van der Waals surface area contributed by atoms with Gasteiger partial charge in [-0.1, -0.05) is 11.6 Å². The Bertz CT molecular complexity index is 671. The Morgan fingerprint density at radius 2 is 2.24 bits per heavy atom. The van der Waals surface area contributed by atoms with Gasteiger partial charge in [0.2, 0.25) is 0 Å². The highest BCUT2D eigenvalue weighted by Crippen LogP contribution is 2.18. The summed E-state index contributed by atoms with van der Waals surface area (Å²) in [6.07, 6.45) is 3.40. The molecule has 0 aliphatic rings. The van der Waals surface area contributed by atoms with Gasteiger partial charge in [-0.3, -0.25) is 9.48 Å². The van der Waals surface area contributed by atoms with Crippen molar-refractivity contribution in [2.24, 2.45) is 7.05 Å². The molecule has 1 N–H and O–H groups in total. The lowest BCUT2D eigenvalue weighted by Crippen LogP contribution is -2.30. The Balaban J connectivity index is 1.97. The number of hydrogen-bond donors (Lipinski definition) is 1. The normalized spacial score (nSPS) is 11.8. The van der Waals surface area contributed by atoms with Gasteiger partial charge in [-0.15, -0.1) is 0 Å². The third-order valence-corrected chi connectivity index (χ3v) is 2.91. The molecule has 2 aromatic rings.